The van der Waals surface area contributed by atoms with Gasteiger partial charge in [0.2, 0.25) is 5.91 Å². The fourth-order valence-electron chi connectivity index (χ4n) is 2.69. The highest BCUT2D eigenvalue weighted by Crippen LogP contribution is 2.20. The highest BCUT2D eigenvalue weighted by atomic mass is 16.3. The van der Waals surface area contributed by atoms with E-state index >= 15 is 0 Å². The van der Waals surface area contributed by atoms with Crippen LogP contribution in [0.4, 0.5) is 0 Å². The molecule has 2 aromatic carbocycles. The van der Waals surface area contributed by atoms with Crippen molar-refractivity contribution in [3.8, 4) is 0 Å². The van der Waals surface area contributed by atoms with E-state index in [1.165, 1.54) is 18.1 Å². The Morgan fingerprint density at radius 1 is 1.04 bits per heavy atom. The second-order valence-corrected chi connectivity index (χ2v) is 6.01. The number of nitrogens with one attached hydrogen (secondary N) is 2. The molecule has 2 unspecified atom stereocenters. The molecule has 2 atom stereocenters. The first-order chi connectivity index (χ1) is 11.6. The van der Waals surface area contributed by atoms with E-state index in [1.54, 1.807) is 0 Å². The van der Waals surface area contributed by atoms with Gasteiger partial charge in [0.1, 0.15) is 0 Å². The van der Waals surface area contributed by atoms with Gasteiger partial charge in [-0.3, -0.25) is 4.79 Å². The Hall–Kier alpha value is -2.17. The summed E-state index contributed by atoms with van der Waals surface area (Å²) in [5.41, 5.74) is 3.45. The van der Waals surface area contributed by atoms with Gasteiger partial charge >= 0.3 is 0 Å². The molecule has 24 heavy (non-hydrogen) atoms. The number of amides is 1. The molecule has 0 aliphatic carbocycles. The fourth-order valence-corrected chi connectivity index (χ4v) is 2.69. The molecule has 0 radical (unpaired) electrons. The average molecular weight is 326 g/mol. The van der Waals surface area contributed by atoms with Crippen LogP contribution in [0, 0.1) is 0 Å². The van der Waals surface area contributed by atoms with E-state index in [9.17, 15) is 9.90 Å². The molecule has 0 saturated carbocycles. The summed E-state index contributed by atoms with van der Waals surface area (Å²) in [5, 5.41) is 15.9. The lowest BCUT2D eigenvalue weighted by atomic mass is 10.0. The predicted molar refractivity (Wildman–Crippen MR) is 96.6 cm³/mol. The van der Waals surface area contributed by atoms with Crippen molar-refractivity contribution in [3.63, 3.8) is 0 Å². The van der Waals surface area contributed by atoms with Crippen molar-refractivity contribution in [1.82, 2.24) is 10.6 Å². The molecule has 0 aromatic heterocycles. The Labute approximate surface area is 143 Å². The van der Waals surface area contributed by atoms with E-state index in [1.807, 2.05) is 30.3 Å². The summed E-state index contributed by atoms with van der Waals surface area (Å²) in [6, 6.07) is 18.4. The van der Waals surface area contributed by atoms with Crippen LogP contribution >= 0.6 is 0 Å². The highest BCUT2D eigenvalue weighted by Gasteiger charge is 2.14. The van der Waals surface area contributed by atoms with Gasteiger partial charge in [0.05, 0.1) is 12.6 Å². The predicted octanol–water partition coefficient (Wildman–Crippen LogP) is 2.75. The van der Waals surface area contributed by atoms with Crippen molar-refractivity contribution in [2.75, 3.05) is 13.2 Å². The Morgan fingerprint density at radius 2 is 1.71 bits per heavy atom. The maximum absolute atomic E-state index is 10.9. The topological polar surface area (TPSA) is 61.4 Å². The standard InChI is InChI=1S/C20H26N2O2/c1-15(22-20(14-23)19-6-4-3-5-7-19)18-10-8-17(9-11-18)12-13-21-16(2)24/h3-11,15,20,22-23H,12-14H2,1-2H3,(H,21,24). The number of carbonyl (C=O) groups is 1. The third-order valence-corrected chi connectivity index (χ3v) is 4.10. The summed E-state index contributed by atoms with van der Waals surface area (Å²) in [4.78, 5) is 10.9. The summed E-state index contributed by atoms with van der Waals surface area (Å²) in [6.45, 7) is 4.34. The van der Waals surface area contributed by atoms with Crippen LogP contribution in [0.3, 0.4) is 0 Å². The maximum Gasteiger partial charge on any atom is 0.216 e. The molecule has 0 aliphatic heterocycles. The van der Waals surface area contributed by atoms with E-state index in [2.05, 4.69) is 41.8 Å². The van der Waals surface area contributed by atoms with Crippen molar-refractivity contribution in [2.24, 2.45) is 0 Å². The highest BCUT2D eigenvalue weighted by molar-refractivity contribution is 5.72. The van der Waals surface area contributed by atoms with Crippen LogP contribution in [0.2, 0.25) is 0 Å². The van der Waals surface area contributed by atoms with Gasteiger partial charge in [0.25, 0.3) is 0 Å². The molecular weight excluding hydrogens is 300 g/mol. The van der Waals surface area contributed by atoms with E-state index in [4.69, 9.17) is 0 Å². The molecule has 3 N–H and O–H groups in total. The number of aliphatic hydroxyl groups is 1. The lowest BCUT2D eigenvalue weighted by Crippen LogP contribution is -2.27. The smallest absolute Gasteiger partial charge is 0.216 e. The monoisotopic (exact) mass is 326 g/mol. The largest absolute Gasteiger partial charge is 0.394 e. The molecule has 0 heterocycles. The number of hydrogen-bond acceptors (Lipinski definition) is 3. The van der Waals surface area contributed by atoms with Gasteiger partial charge in [-0.1, -0.05) is 54.6 Å². The molecule has 0 fully saturated rings. The van der Waals surface area contributed by atoms with Gasteiger partial charge in [0.15, 0.2) is 0 Å². The van der Waals surface area contributed by atoms with Gasteiger partial charge in [-0.25, -0.2) is 0 Å². The first-order valence-corrected chi connectivity index (χ1v) is 8.35. The minimum Gasteiger partial charge on any atom is -0.394 e. The maximum atomic E-state index is 10.9. The number of rotatable bonds is 8. The van der Waals surface area contributed by atoms with Gasteiger partial charge in [-0.15, -0.1) is 0 Å². The fraction of sp³-hybridized carbons (Fsp3) is 0.350. The van der Waals surface area contributed by atoms with Crippen molar-refractivity contribution in [1.29, 1.82) is 0 Å². The molecule has 4 nitrogen and oxygen atoms in total. The molecule has 4 heteroatoms. The van der Waals surface area contributed by atoms with Crippen LogP contribution in [-0.2, 0) is 11.2 Å². The average Bonchev–Trinajstić information content (AvgIpc) is 2.60. The molecule has 2 aromatic rings. The molecule has 0 saturated heterocycles. The summed E-state index contributed by atoms with van der Waals surface area (Å²) in [5.74, 6) is 0.000370. The minimum atomic E-state index is -0.0827. The van der Waals surface area contributed by atoms with Gasteiger partial charge in [-0.05, 0) is 30.0 Å². The SMILES string of the molecule is CC(=O)NCCc1ccc(C(C)NC(CO)c2ccccc2)cc1. The number of aliphatic hydroxyl groups excluding tert-OH is 1. The van der Waals surface area contributed by atoms with Crippen molar-refractivity contribution in [3.05, 3.63) is 71.3 Å². The molecular formula is C20H26N2O2. The van der Waals surface area contributed by atoms with Crippen LogP contribution in [0.5, 0.6) is 0 Å². The first-order valence-electron chi connectivity index (χ1n) is 8.35. The number of benzene rings is 2. The molecule has 0 aliphatic rings. The Morgan fingerprint density at radius 3 is 2.29 bits per heavy atom. The first kappa shape index (κ1) is 18.2. The summed E-state index contributed by atoms with van der Waals surface area (Å²) in [6.07, 6.45) is 0.824. The van der Waals surface area contributed by atoms with Gasteiger partial charge in [-0.2, -0.15) is 0 Å². The lowest BCUT2D eigenvalue weighted by molar-refractivity contribution is -0.118. The quantitative estimate of drug-likeness (QED) is 0.699. The van der Waals surface area contributed by atoms with E-state index < -0.39 is 0 Å². The second-order valence-electron chi connectivity index (χ2n) is 6.01. The second kappa shape index (κ2) is 9.21. The zero-order chi connectivity index (χ0) is 17.4. The van der Waals surface area contributed by atoms with E-state index in [0.717, 1.165) is 12.0 Å². The number of hydrogen-bond donors (Lipinski definition) is 3. The lowest BCUT2D eigenvalue weighted by Gasteiger charge is -2.22. The normalized spacial score (nSPS) is 13.3. The third kappa shape index (κ3) is 5.48. The van der Waals surface area contributed by atoms with Crippen LogP contribution in [0.1, 0.15) is 42.6 Å². The molecule has 2 rings (SSSR count). The number of carbonyl (C=O) groups excluding carboxylic acids is 1. The Kier molecular flexibility index (Phi) is 6.97. The molecule has 0 bridgehead atoms. The van der Waals surface area contributed by atoms with E-state index in [-0.39, 0.29) is 24.6 Å². The zero-order valence-corrected chi connectivity index (χ0v) is 14.3. The van der Waals surface area contributed by atoms with Crippen LogP contribution in [0.25, 0.3) is 0 Å². The van der Waals surface area contributed by atoms with Crippen LogP contribution in [-0.4, -0.2) is 24.2 Å². The third-order valence-electron chi connectivity index (χ3n) is 4.10. The summed E-state index contributed by atoms with van der Waals surface area (Å²) in [7, 11) is 0. The summed E-state index contributed by atoms with van der Waals surface area (Å²) < 4.78 is 0. The van der Waals surface area contributed by atoms with Crippen molar-refractivity contribution in [2.45, 2.75) is 32.4 Å². The zero-order valence-electron chi connectivity index (χ0n) is 14.3. The van der Waals surface area contributed by atoms with Crippen LogP contribution in [0.15, 0.2) is 54.6 Å². The Balaban J connectivity index is 1.94. The van der Waals surface area contributed by atoms with Crippen molar-refractivity contribution < 1.29 is 9.90 Å². The van der Waals surface area contributed by atoms with Crippen molar-refractivity contribution >= 4 is 5.91 Å². The van der Waals surface area contributed by atoms with Gasteiger partial charge < -0.3 is 15.7 Å². The minimum absolute atomic E-state index is 0.000370. The molecule has 128 valence electrons. The molecule has 0 spiro atoms. The molecule has 1 amide bonds. The summed E-state index contributed by atoms with van der Waals surface area (Å²) >= 11 is 0. The Bertz CT molecular complexity index is 626. The van der Waals surface area contributed by atoms with Gasteiger partial charge in [0, 0.05) is 19.5 Å². The van der Waals surface area contributed by atoms with Crippen LogP contribution < -0.4 is 10.6 Å². The van der Waals surface area contributed by atoms with E-state index in [0.29, 0.717) is 6.54 Å².